The van der Waals surface area contributed by atoms with Gasteiger partial charge in [-0.3, -0.25) is 0 Å². The third-order valence-electron chi connectivity index (χ3n) is 3.09. The molecule has 0 saturated heterocycles. The Morgan fingerprint density at radius 2 is 1.82 bits per heavy atom. The minimum absolute atomic E-state index is 0.0884. The molecule has 1 N–H and O–H groups in total. The SMILES string of the molecule is O=S(=O)(NCc1ccc2c(c1)OCO2)c1cc(F)ccc1F. The summed E-state index contributed by atoms with van der Waals surface area (Å²) in [6, 6.07) is 7.17. The molecule has 1 aliphatic heterocycles. The van der Waals surface area contributed by atoms with Gasteiger partial charge in [-0.05, 0) is 35.9 Å². The summed E-state index contributed by atoms with van der Waals surface area (Å²) < 4.78 is 63.3. The molecular formula is C14H11F2NO4S. The molecule has 0 radical (unpaired) electrons. The monoisotopic (exact) mass is 327 g/mol. The fraction of sp³-hybridized carbons (Fsp3) is 0.143. The van der Waals surface area contributed by atoms with Gasteiger partial charge in [0, 0.05) is 6.54 Å². The van der Waals surface area contributed by atoms with E-state index in [1.54, 1.807) is 18.2 Å². The Bertz CT molecular complexity index is 824. The maximum absolute atomic E-state index is 13.5. The molecule has 22 heavy (non-hydrogen) atoms. The van der Waals surface area contributed by atoms with Crippen molar-refractivity contribution in [3.63, 3.8) is 0 Å². The van der Waals surface area contributed by atoms with Crippen LogP contribution in [0.1, 0.15) is 5.56 Å². The lowest BCUT2D eigenvalue weighted by molar-refractivity contribution is 0.174. The normalized spacial score (nSPS) is 13.4. The van der Waals surface area contributed by atoms with Gasteiger partial charge >= 0.3 is 0 Å². The van der Waals surface area contributed by atoms with Crippen molar-refractivity contribution in [3.05, 3.63) is 53.6 Å². The van der Waals surface area contributed by atoms with Crippen LogP contribution in [0.4, 0.5) is 8.78 Å². The first-order chi connectivity index (χ1) is 10.5. The van der Waals surface area contributed by atoms with Crippen molar-refractivity contribution < 1.29 is 26.7 Å². The number of rotatable bonds is 4. The van der Waals surface area contributed by atoms with Gasteiger partial charge in [0.15, 0.2) is 11.5 Å². The van der Waals surface area contributed by atoms with Crippen LogP contribution in [0.15, 0.2) is 41.3 Å². The summed E-state index contributed by atoms with van der Waals surface area (Å²) >= 11 is 0. The molecule has 0 atom stereocenters. The predicted octanol–water partition coefficient (Wildman–Crippen LogP) is 2.17. The topological polar surface area (TPSA) is 64.6 Å². The van der Waals surface area contributed by atoms with Crippen LogP contribution in [-0.4, -0.2) is 15.2 Å². The van der Waals surface area contributed by atoms with E-state index in [1.165, 1.54) is 0 Å². The Balaban J connectivity index is 1.79. The molecule has 5 nitrogen and oxygen atoms in total. The summed E-state index contributed by atoms with van der Waals surface area (Å²) in [5.74, 6) is -0.763. The Morgan fingerprint density at radius 1 is 1.05 bits per heavy atom. The van der Waals surface area contributed by atoms with E-state index in [0.717, 1.165) is 12.1 Å². The van der Waals surface area contributed by atoms with Crippen molar-refractivity contribution in [3.8, 4) is 11.5 Å². The lowest BCUT2D eigenvalue weighted by atomic mass is 10.2. The third kappa shape index (κ3) is 2.88. The van der Waals surface area contributed by atoms with Gasteiger partial charge in [-0.25, -0.2) is 21.9 Å². The second-order valence-electron chi connectivity index (χ2n) is 4.59. The zero-order valence-corrected chi connectivity index (χ0v) is 12.0. The number of benzene rings is 2. The highest BCUT2D eigenvalue weighted by atomic mass is 32.2. The Labute approximate surface area is 125 Å². The van der Waals surface area contributed by atoms with Gasteiger partial charge in [0.2, 0.25) is 16.8 Å². The zero-order valence-electron chi connectivity index (χ0n) is 11.2. The van der Waals surface area contributed by atoms with Crippen molar-refractivity contribution in [1.82, 2.24) is 4.72 Å². The van der Waals surface area contributed by atoms with Gasteiger partial charge in [0.1, 0.15) is 16.5 Å². The number of fused-ring (bicyclic) bond motifs is 1. The van der Waals surface area contributed by atoms with E-state index in [1.807, 2.05) is 0 Å². The molecule has 3 rings (SSSR count). The average molecular weight is 327 g/mol. The number of hydrogen-bond acceptors (Lipinski definition) is 4. The summed E-state index contributed by atoms with van der Waals surface area (Å²) in [5.41, 5.74) is 0.602. The highest BCUT2D eigenvalue weighted by molar-refractivity contribution is 7.89. The van der Waals surface area contributed by atoms with E-state index in [0.29, 0.717) is 23.1 Å². The molecule has 0 amide bonds. The number of hydrogen-bond donors (Lipinski definition) is 1. The van der Waals surface area contributed by atoms with Gasteiger partial charge < -0.3 is 9.47 Å². The number of nitrogens with one attached hydrogen (secondary N) is 1. The Hall–Kier alpha value is -2.19. The smallest absolute Gasteiger partial charge is 0.243 e. The number of ether oxygens (including phenoxy) is 2. The van der Waals surface area contributed by atoms with Gasteiger partial charge in [-0.15, -0.1) is 0 Å². The summed E-state index contributed by atoms with van der Waals surface area (Å²) in [5, 5.41) is 0. The molecule has 2 aromatic rings. The second kappa shape index (κ2) is 5.54. The molecule has 0 spiro atoms. The van der Waals surface area contributed by atoms with Gasteiger partial charge in [-0.2, -0.15) is 0 Å². The maximum Gasteiger partial charge on any atom is 0.243 e. The van der Waals surface area contributed by atoms with Crippen molar-refractivity contribution in [2.24, 2.45) is 0 Å². The van der Waals surface area contributed by atoms with Crippen LogP contribution in [0.3, 0.4) is 0 Å². The van der Waals surface area contributed by atoms with E-state index in [-0.39, 0.29) is 13.3 Å². The van der Waals surface area contributed by atoms with Crippen LogP contribution in [0.25, 0.3) is 0 Å². The van der Waals surface area contributed by atoms with E-state index in [2.05, 4.69) is 4.72 Å². The standard InChI is InChI=1S/C14H11F2NO4S/c15-10-2-3-11(16)14(6-10)22(18,19)17-7-9-1-4-12-13(5-9)21-8-20-12/h1-6,17H,7-8H2. The van der Waals surface area contributed by atoms with Crippen LogP contribution in [-0.2, 0) is 16.6 Å². The highest BCUT2D eigenvalue weighted by Crippen LogP contribution is 2.32. The minimum atomic E-state index is -4.16. The van der Waals surface area contributed by atoms with Crippen molar-refractivity contribution in [2.45, 2.75) is 11.4 Å². The summed E-state index contributed by atoms with van der Waals surface area (Å²) in [4.78, 5) is -0.728. The van der Waals surface area contributed by atoms with Crippen molar-refractivity contribution >= 4 is 10.0 Å². The summed E-state index contributed by atoms with van der Waals surface area (Å²) in [7, 11) is -4.16. The van der Waals surface area contributed by atoms with Crippen LogP contribution < -0.4 is 14.2 Å². The molecule has 0 aromatic heterocycles. The van der Waals surface area contributed by atoms with Crippen LogP contribution in [0.2, 0.25) is 0 Å². The summed E-state index contributed by atoms with van der Waals surface area (Å²) in [6.07, 6.45) is 0. The summed E-state index contributed by atoms with van der Waals surface area (Å²) in [6.45, 7) is 0.0218. The van der Waals surface area contributed by atoms with Crippen LogP contribution in [0.5, 0.6) is 11.5 Å². The minimum Gasteiger partial charge on any atom is -0.454 e. The van der Waals surface area contributed by atoms with E-state index >= 15 is 0 Å². The van der Waals surface area contributed by atoms with E-state index in [4.69, 9.17) is 9.47 Å². The van der Waals surface area contributed by atoms with Gasteiger partial charge in [0.05, 0.1) is 0 Å². The zero-order chi connectivity index (χ0) is 15.7. The molecule has 1 aliphatic rings. The van der Waals surface area contributed by atoms with Gasteiger partial charge in [-0.1, -0.05) is 6.07 Å². The molecule has 116 valence electrons. The van der Waals surface area contributed by atoms with E-state index in [9.17, 15) is 17.2 Å². The second-order valence-corrected chi connectivity index (χ2v) is 6.32. The first-order valence-electron chi connectivity index (χ1n) is 6.29. The first kappa shape index (κ1) is 14.7. The molecule has 0 aliphatic carbocycles. The average Bonchev–Trinajstić information content (AvgIpc) is 2.95. The van der Waals surface area contributed by atoms with Crippen LogP contribution >= 0.6 is 0 Å². The third-order valence-corrected chi connectivity index (χ3v) is 4.50. The fourth-order valence-electron chi connectivity index (χ4n) is 1.99. The molecule has 2 aromatic carbocycles. The molecule has 0 saturated carbocycles. The first-order valence-corrected chi connectivity index (χ1v) is 7.77. The molecule has 0 bridgehead atoms. The highest BCUT2D eigenvalue weighted by Gasteiger charge is 2.20. The number of halogens is 2. The Kier molecular flexibility index (Phi) is 3.71. The number of sulfonamides is 1. The lowest BCUT2D eigenvalue weighted by Gasteiger charge is -2.08. The predicted molar refractivity (Wildman–Crippen MR) is 72.9 cm³/mol. The van der Waals surface area contributed by atoms with Crippen LogP contribution in [0, 0.1) is 11.6 Å². The molecule has 0 fully saturated rings. The maximum atomic E-state index is 13.5. The van der Waals surface area contributed by atoms with Gasteiger partial charge in [0.25, 0.3) is 0 Å². The molecule has 8 heteroatoms. The quantitative estimate of drug-likeness (QED) is 0.935. The van der Waals surface area contributed by atoms with Crippen molar-refractivity contribution in [1.29, 1.82) is 0 Å². The molecule has 1 heterocycles. The van der Waals surface area contributed by atoms with E-state index < -0.39 is 26.6 Å². The Morgan fingerprint density at radius 3 is 2.64 bits per heavy atom. The molecule has 0 unspecified atom stereocenters. The van der Waals surface area contributed by atoms with Crippen molar-refractivity contribution in [2.75, 3.05) is 6.79 Å². The largest absolute Gasteiger partial charge is 0.454 e. The fourth-order valence-corrected chi connectivity index (χ4v) is 3.09. The lowest BCUT2D eigenvalue weighted by Crippen LogP contribution is -2.24. The molecular weight excluding hydrogens is 316 g/mol.